The molecule has 8 heteroatoms. The molecule has 1 aromatic carbocycles. The van der Waals surface area contributed by atoms with E-state index in [4.69, 9.17) is 0 Å². The minimum atomic E-state index is -3.83. The van der Waals surface area contributed by atoms with E-state index >= 15 is 0 Å². The number of nitro benzene ring substituents is 1. The molecule has 84 valence electrons. The molecule has 0 unspecified atom stereocenters. The van der Waals surface area contributed by atoms with E-state index in [9.17, 15) is 18.5 Å². The van der Waals surface area contributed by atoms with E-state index in [-0.39, 0.29) is 16.4 Å². The fourth-order valence-electron chi connectivity index (χ4n) is 1.39. The van der Waals surface area contributed by atoms with Crippen LogP contribution in [0.15, 0.2) is 27.5 Å². The molecule has 0 amide bonds. The van der Waals surface area contributed by atoms with E-state index < -0.39 is 14.9 Å². The van der Waals surface area contributed by atoms with Crippen molar-refractivity contribution in [1.82, 2.24) is 0 Å². The van der Waals surface area contributed by atoms with Gasteiger partial charge < -0.3 is 5.32 Å². The number of amidine groups is 1. The van der Waals surface area contributed by atoms with Gasteiger partial charge in [0.05, 0.1) is 10.6 Å². The van der Waals surface area contributed by atoms with Crippen LogP contribution in [0.25, 0.3) is 0 Å². The Morgan fingerprint density at radius 2 is 2.12 bits per heavy atom. The first-order valence-electron chi connectivity index (χ1n) is 4.27. The zero-order valence-electron chi connectivity index (χ0n) is 8.17. The zero-order valence-corrected chi connectivity index (χ0v) is 8.98. The minimum absolute atomic E-state index is 0.174. The number of rotatable bonds is 1. The largest absolute Gasteiger partial charge is 0.342 e. The maximum absolute atomic E-state index is 11.6. The van der Waals surface area contributed by atoms with Crippen molar-refractivity contribution in [3.05, 3.63) is 28.3 Å². The number of non-ortho nitro benzene ring substituents is 1. The van der Waals surface area contributed by atoms with Gasteiger partial charge in [-0.2, -0.15) is 8.42 Å². The second kappa shape index (κ2) is 3.27. The molecule has 0 atom stereocenters. The molecule has 0 spiro atoms. The van der Waals surface area contributed by atoms with Crippen LogP contribution in [0.3, 0.4) is 0 Å². The van der Waals surface area contributed by atoms with Gasteiger partial charge >= 0.3 is 0 Å². The molecule has 0 fully saturated rings. The molecule has 0 radical (unpaired) electrons. The molecule has 1 aromatic rings. The quantitative estimate of drug-likeness (QED) is 0.586. The number of benzene rings is 1. The predicted octanol–water partition coefficient (Wildman–Crippen LogP) is 1.13. The molecular weight excluding hydrogens is 234 g/mol. The second-order valence-electron chi connectivity index (χ2n) is 3.21. The summed E-state index contributed by atoms with van der Waals surface area (Å²) < 4.78 is 26.6. The highest BCUT2D eigenvalue weighted by Gasteiger charge is 2.25. The summed E-state index contributed by atoms with van der Waals surface area (Å²) in [6.07, 6.45) is 0. The van der Waals surface area contributed by atoms with Crippen molar-refractivity contribution in [3.63, 3.8) is 0 Å². The Kier molecular flexibility index (Phi) is 2.16. The fourth-order valence-corrected chi connectivity index (χ4v) is 2.56. The molecule has 16 heavy (non-hydrogen) atoms. The Morgan fingerprint density at radius 3 is 2.75 bits per heavy atom. The normalized spacial score (nSPS) is 16.9. The molecule has 2 rings (SSSR count). The Labute approximate surface area is 91.0 Å². The number of hydrogen-bond acceptors (Lipinski definition) is 5. The van der Waals surface area contributed by atoms with Gasteiger partial charge in [-0.25, -0.2) is 0 Å². The lowest BCUT2D eigenvalue weighted by molar-refractivity contribution is -0.385. The lowest BCUT2D eigenvalue weighted by atomic mass is 10.3. The number of nitrogens with one attached hydrogen (secondary N) is 1. The van der Waals surface area contributed by atoms with Crippen LogP contribution >= 0.6 is 0 Å². The minimum Gasteiger partial charge on any atom is -0.342 e. The third-order valence-electron chi connectivity index (χ3n) is 2.03. The van der Waals surface area contributed by atoms with E-state index in [0.717, 1.165) is 6.07 Å². The van der Waals surface area contributed by atoms with Crippen LogP contribution in [0, 0.1) is 10.1 Å². The Morgan fingerprint density at radius 1 is 1.44 bits per heavy atom. The SMILES string of the molecule is CC1=NS(=O)(=O)c2cc([N+](=O)[O-])ccc2N1. The Hall–Kier alpha value is -1.96. The highest BCUT2D eigenvalue weighted by molar-refractivity contribution is 7.90. The van der Waals surface area contributed by atoms with Gasteiger partial charge in [0.15, 0.2) is 0 Å². The summed E-state index contributed by atoms with van der Waals surface area (Å²) in [6, 6.07) is 3.58. The topological polar surface area (TPSA) is 102 Å². The molecule has 0 aliphatic carbocycles. The van der Waals surface area contributed by atoms with Crippen molar-refractivity contribution in [3.8, 4) is 0 Å². The van der Waals surface area contributed by atoms with Gasteiger partial charge in [0.25, 0.3) is 15.7 Å². The molecular formula is C8H7N3O4S. The summed E-state index contributed by atoms with van der Waals surface area (Å²) in [5.41, 5.74) is 0.0250. The molecule has 0 saturated carbocycles. The number of hydrogen-bond donors (Lipinski definition) is 1. The van der Waals surface area contributed by atoms with Crippen molar-refractivity contribution in [2.24, 2.45) is 4.40 Å². The van der Waals surface area contributed by atoms with Gasteiger partial charge in [0, 0.05) is 12.1 Å². The van der Waals surface area contributed by atoms with Crippen LogP contribution in [0.5, 0.6) is 0 Å². The monoisotopic (exact) mass is 241 g/mol. The third kappa shape index (κ3) is 1.63. The van der Waals surface area contributed by atoms with Gasteiger partial charge in [-0.15, -0.1) is 4.40 Å². The summed E-state index contributed by atoms with van der Waals surface area (Å²) in [6.45, 7) is 1.50. The molecule has 7 nitrogen and oxygen atoms in total. The number of fused-ring (bicyclic) bond motifs is 1. The van der Waals surface area contributed by atoms with Crippen molar-refractivity contribution >= 4 is 27.2 Å². The average Bonchev–Trinajstić information content (AvgIpc) is 2.15. The summed E-state index contributed by atoms with van der Waals surface area (Å²) in [7, 11) is -3.83. The number of anilines is 1. The summed E-state index contributed by atoms with van der Waals surface area (Å²) in [5.74, 6) is 0.237. The average molecular weight is 241 g/mol. The van der Waals surface area contributed by atoms with Crippen LogP contribution in [0.1, 0.15) is 6.92 Å². The summed E-state index contributed by atoms with van der Waals surface area (Å²) >= 11 is 0. The van der Waals surface area contributed by atoms with E-state index in [1.807, 2.05) is 0 Å². The summed E-state index contributed by atoms with van der Waals surface area (Å²) in [4.78, 5) is 9.69. The van der Waals surface area contributed by atoms with Crippen molar-refractivity contribution in [2.75, 3.05) is 5.32 Å². The molecule has 1 aliphatic heterocycles. The first-order chi connectivity index (χ1) is 7.40. The highest BCUT2D eigenvalue weighted by atomic mass is 32.2. The van der Waals surface area contributed by atoms with Gasteiger partial charge in [0.1, 0.15) is 10.7 Å². The lowest BCUT2D eigenvalue weighted by Gasteiger charge is -2.15. The molecule has 1 heterocycles. The van der Waals surface area contributed by atoms with Crippen molar-refractivity contribution in [2.45, 2.75) is 11.8 Å². The Balaban J connectivity index is 2.68. The highest BCUT2D eigenvalue weighted by Crippen LogP contribution is 2.30. The van der Waals surface area contributed by atoms with Crippen LogP contribution in [0.2, 0.25) is 0 Å². The first kappa shape index (κ1) is 10.6. The fraction of sp³-hybridized carbons (Fsp3) is 0.125. The standard InChI is InChI=1S/C8H7N3O4S/c1-5-9-7-3-2-6(11(12)13)4-8(7)16(14,15)10-5/h2-4H,1H3,(H,9,10). The first-order valence-corrected chi connectivity index (χ1v) is 5.71. The zero-order chi connectivity index (χ0) is 11.9. The molecule has 0 bridgehead atoms. The van der Waals surface area contributed by atoms with Gasteiger partial charge in [-0.1, -0.05) is 0 Å². The maximum atomic E-state index is 11.6. The van der Waals surface area contributed by atoms with E-state index in [1.54, 1.807) is 0 Å². The second-order valence-corrected chi connectivity index (χ2v) is 4.79. The molecule has 1 N–H and O–H groups in total. The van der Waals surface area contributed by atoms with Gasteiger partial charge in [-0.05, 0) is 13.0 Å². The maximum Gasteiger partial charge on any atom is 0.286 e. The third-order valence-corrected chi connectivity index (χ3v) is 3.43. The van der Waals surface area contributed by atoms with Crippen LogP contribution < -0.4 is 5.32 Å². The van der Waals surface area contributed by atoms with E-state index in [2.05, 4.69) is 9.71 Å². The van der Waals surface area contributed by atoms with Crippen molar-refractivity contribution < 1.29 is 13.3 Å². The van der Waals surface area contributed by atoms with Gasteiger partial charge in [-0.3, -0.25) is 10.1 Å². The lowest BCUT2D eigenvalue weighted by Crippen LogP contribution is -2.18. The van der Waals surface area contributed by atoms with Crippen LogP contribution in [-0.2, 0) is 10.0 Å². The van der Waals surface area contributed by atoms with Crippen LogP contribution in [0.4, 0.5) is 11.4 Å². The molecule has 1 aliphatic rings. The Bertz CT molecular complexity index is 606. The van der Waals surface area contributed by atoms with Crippen LogP contribution in [-0.4, -0.2) is 19.2 Å². The molecule has 0 aromatic heterocycles. The van der Waals surface area contributed by atoms with E-state index in [1.165, 1.54) is 19.1 Å². The van der Waals surface area contributed by atoms with Gasteiger partial charge in [0.2, 0.25) is 0 Å². The summed E-state index contributed by atoms with van der Waals surface area (Å²) in [5, 5.41) is 13.2. The van der Waals surface area contributed by atoms with E-state index in [0.29, 0.717) is 5.69 Å². The van der Waals surface area contributed by atoms with Crippen molar-refractivity contribution in [1.29, 1.82) is 0 Å². The smallest absolute Gasteiger partial charge is 0.286 e. The number of nitrogens with zero attached hydrogens (tertiary/aromatic N) is 2. The number of nitro groups is 1. The molecule has 0 saturated heterocycles. The predicted molar refractivity (Wildman–Crippen MR) is 57.0 cm³/mol. The number of sulfonamides is 1.